The van der Waals surface area contributed by atoms with Gasteiger partial charge in [-0.1, -0.05) is 19.1 Å². The van der Waals surface area contributed by atoms with Gasteiger partial charge in [-0.25, -0.2) is 4.39 Å². The van der Waals surface area contributed by atoms with Crippen molar-refractivity contribution in [2.75, 3.05) is 26.7 Å². The molecule has 1 fully saturated rings. The largest absolute Gasteiger partial charge is 0.388 e. The Bertz CT molecular complexity index is 583. The lowest BCUT2D eigenvalue weighted by atomic mass is 9.88. The number of hydrogen-bond donors (Lipinski definition) is 1. The number of hydrogen-bond acceptors (Lipinski definition) is 3. The number of halogens is 1. The first-order valence-corrected chi connectivity index (χ1v) is 8.91. The third kappa shape index (κ3) is 3.65. The van der Waals surface area contributed by atoms with Gasteiger partial charge in [0.25, 0.3) is 10.2 Å². The van der Waals surface area contributed by atoms with E-state index in [1.165, 1.54) is 20.7 Å². The maximum atomic E-state index is 12.9. The maximum Gasteiger partial charge on any atom is 0.281 e. The highest BCUT2D eigenvalue weighted by Gasteiger charge is 2.33. The molecule has 1 heterocycles. The predicted molar refractivity (Wildman–Crippen MR) is 82.9 cm³/mol. The molecule has 0 radical (unpaired) electrons. The van der Waals surface area contributed by atoms with Gasteiger partial charge in [0.15, 0.2) is 0 Å². The van der Waals surface area contributed by atoms with Crippen LogP contribution in [0.5, 0.6) is 0 Å². The molecule has 0 bridgehead atoms. The summed E-state index contributed by atoms with van der Waals surface area (Å²) in [6, 6.07) is 5.81. The van der Waals surface area contributed by atoms with E-state index in [1.54, 1.807) is 26.1 Å². The molecule has 1 saturated heterocycles. The molecule has 5 nitrogen and oxygen atoms in total. The molecular formula is C15H23FN2O3S. The highest BCUT2D eigenvalue weighted by atomic mass is 32.2. The quantitative estimate of drug-likeness (QED) is 0.895. The minimum Gasteiger partial charge on any atom is -0.388 e. The van der Waals surface area contributed by atoms with E-state index in [4.69, 9.17) is 0 Å². The summed E-state index contributed by atoms with van der Waals surface area (Å²) in [4.78, 5) is 0. The zero-order chi connectivity index (χ0) is 16.3. The zero-order valence-electron chi connectivity index (χ0n) is 12.9. The molecule has 124 valence electrons. The molecule has 1 N–H and O–H groups in total. The highest BCUT2D eigenvalue weighted by Crippen LogP contribution is 2.31. The lowest BCUT2D eigenvalue weighted by molar-refractivity contribution is 0.0750. The third-order valence-electron chi connectivity index (χ3n) is 4.32. The molecule has 1 aromatic rings. The van der Waals surface area contributed by atoms with Crippen molar-refractivity contribution in [2.45, 2.75) is 25.9 Å². The Hall–Kier alpha value is -1.02. The van der Waals surface area contributed by atoms with Crippen LogP contribution in [-0.2, 0) is 10.2 Å². The molecule has 1 atom stereocenters. The number of aliphatic hydroxyl groups is 1. The first kappa shape index (κ1) is 17.3. The third-order valence-corrected chi connectivity index (χ3v) is 6.39. The van der Waals surface area contributed by atoms with Crippen molar-refractivity contribution >= 4 is 10.2 Å². The van der Waals surface area contributed by atoms with Gasteiger partial charge in [0.05, 0.1) is 6.10 Å². The Morgan fingerprint density at radius 1 is 1.32 bits per heavy atom. The summed E-state index contributed by atoms with van der Waals surface area (Å²) >= 11 is 0. The van der Waals surface area contributed by atoms with Crippen LogP contribution in [0, 0.1) is 11.7 Å². The Kier molecular flexibility index (Phi) is 5.55. The molecule has 22 heavy (non-hydrogen) atoms. The minimum absolute atomic E-state index is 0.0103. The molecule has 0 aliphatic carbocycles. The van der Waals surface area contributed by atoms with Crippen LogP contribution in [-0.4, -0.2) is 48.8 Å². The molecule has 1 aliphatic rings. The second kappa shape index (κ2) is 7.04. The summed E-state index contributed by atoms with van der Waals surface area (Å²) in [5, 5.41) is 10.4. The average molecular weight is 330 g/mol. The van der Waals surface area contributed by atoms with Crippen LogP contribution in [0.15, 0.2) is 24.3 Å². The van der Waals surface area contributed by atoms with Crippen LogP contribution in [0.4, 0.5) is 4.39 Å². The molecule has 0 spiro atoms. The van der Waals surface area contributed by atoms with Gasteiger partial charge in [-0.3, -0.25) is 0 Å². The van der Waals surface area contributed by atoms with Gasteiger partial charge in [-0.2, -0.15) is 17.0 Å². The van der Waals surface area contributed by atoms with E-state index in [9.17, 15) is 17.9 Å². The Balaban J connectivity index is 1.98. The molecule has 1 unspecified atom stereocenters. The normalized spacial score (nSPS) is 19.5. The van der Waals surface area contributed by atoms with E-state index >= 15 is 0 Å². The van der Waals surface area contributed by atoms with Crippen LogP contribution in [0.3, 0.4) is 0 Å². The zero-order valence-corrected chi connectivity index (χ0v) is 13.8. The van der Waals surface area contributed by atoms with E-state index in [0.29, 0.717) is 38.0 Å². The van der Waals surface area contributed by atoms with Crippen LogP contribution >= 0.6 is 0 Å². The van der Waals surface area contributed by atoms with Crippen LogP contribution in [0.2, 0.25) is 0 Å². The molecule has 0 saturated carbocycles. The predicted octanol–water partition coefficient (Wildman–Crippen LogP) is 1.77. The highest BCUT2D eigenvalue weighted by molar-refractivity contribution is 7.86. The number of aliphatic hydroxyl groups excluding tert-OH is 1. The summed E-state index contributed by atoms with van der Waals surface area (Å²) in [7, 11) is -1.83. The molecular weight excluding hydrogens is 307 g/mol. The van der Waals surface area contributed by atoms with Crippen molar-refractivity contribution in [2.24, 2.45) is 5.92 Å². The van der Waals surface area contributed by atoms with Gasteiger partial charge in [0.2, 0.25) is 0 Å². The Labute approximate surface area is 131 Å². The fourth-order valence-electron chi connectivity index (χ4n) is 2.71. The SMILES string of the molecule is CCN(C)S(=O)(=O)N1CCC(C(O)c2ccc(F)cc2)CC1. The van der Waals surface area contributed by atoms with E-state index in [1.807, 2.05) is 0 Å². The summed E-state index contributed by atoms with van der Waals surface area (Å²) in [6.45, 7) is 3.02. The van der Waals surface area contributed by atoms with Gasteiger partial charge in [0, 0.05) is 26.7 Å². The average Bonchev–Trinajstić information content (AvgIpc) is 2.54. The second-order valence-corrected chi connectivity index (χ2v) is 7.69. The van der Waals surface area contributed by atoms with Gasteiger partial charge < -0.3 is 5.11 Å². The van der Waals surface area contributed by atoms with Crippen molar-refractivity contribution < 1.29 is 17.9 Å². The molecule has 0 aromatic heterocycles. The smallest absolute Gasteiger partial charge is 0.281 e. The number of piperidine rings is 1. The number of rotatable bonds is 5. The first-order valence-electron chi connectivity index (χ1n) is 7.51. The van der Waals surface area contributed by atoms with Gasteiger partial charge in [-0.05, 0) is 36.5 Å². The summed E-state index contributed by atoms with van der Waals surface area (Å²) in [5.74, 6) is -0.344. The van der Waals surface area contributed by atoms with E-state index < -0.39 is 16.3 Å². The fourth-order valence-corrected chi connectivity index (χ4v) is 4.11. The lowest BCUT2D eigenvalue weighted by Gasteiger charge is -2.35. The van der Waals surface area contributed by atoms with Crippen LogP contribution in [0.25, 0.3) is 0 Å². The molecule has 0 amide bonds. The number of benzene rings is 1. The topological polar surface area (TPSA) is 60.9 Å². The molecule has 1 aromatic carbocycles. The maximum absolute atomic E-state index is 12.9. The van der Waals surface area contributed by atoms with Gasteiger partial charge >= 0.3 is 0 Å². The summed E-state index contributed by atoms with van der Waals surface area (Å²) in [6.07, 6.45) is 0.499. The molecule has 1 aliphatic heterocycles. The van der Waals surface area contributed by atoms with Crippen LogP contribution in [0.1, 0.15) is 31.4 Å². The van der Waals surface area contributed by atoms with Crippen LogP contribution < -0.4 is 0 Å². The van der Waals surface area contributed by atoms with E-state index in [2.05, 4.69) is 0 Å². The van der Waals surface area contributed by atoms with Crippen molar-refractivity contribution in [3.8, 4) is 0 Å². The monoisotopic (exact) mass is 330 g/mol. The molecule has 7 heteroatoms. The van der Waals surface area contributed by atoms with E-state index in [-0.39, 0.29) is 11.7 Å². The summed E-state index contributed by atoms with van der Waals surface area (Å²) in [5.41, 5.74) is 0.674. The Morgan fingerprint density at radius 2 is 1.86 bits per heavy atom. The fraction of sp³-hybridized carbons (Fsp3) is 0.600. The first-order chi connectivity index (χ1) is 10.4. The summed E-state index contributed by atoms with van der Waals surface area (Å²) < 4.78 is 40.2. The van der Waals surface area contributed by atoms with Crippen molar-refractivity contribution in [1.82, 2.24) is 8.61 Å². The minimum atomic E-state index is -3.40. The van der Waals surface area contributed by atoms with Crippen molar-refractivity contribution in [3.05, 3.63) is 35.6 Å². The van der Waals surface area contributed by atoms with E-state index in [0.717, 1.165) is 0 Å². The number of nitrogens with zero attached hydrogens (tertiary/aromatic N) is 2. The lowest BCUT2D eigenvalue weighted by Crippen LogP contribution is -2.46. The molecule has 2 rings (SSSR count). The second-order valence-electron chi connectivity index (χ2n) is 5.65. The van der Waals surface area contributed by atoms with Crippen molar-refractivity contribution in [3.63, 3.8) is 0 Å². The standard InChI is InChI=1S/C15H23FN2O3S/c1-3-17(2)22(20,21)18-10-8-13(9-11-18)15(19)12-4-6-14(16)7-5-12/h4-7,13,15,19H,3,8-11H2,1-2H3. The van der Waals surface area contributed by atoms with Gasteiger partial charge in [0.1, 0.15) is 5.82 Å². The Morgan fingerprint density at radius 3 is 2.36 bits per heavy atom. The van der Waals surface area contributed by atoms with Crippen molar-refractivity contribution in [1.29, 1.82) is 0 Å². The van der Waals surface area contributed by atoms with Gasteiger partial charge in [-0.15, -0.1) is 0 Å².